The Morgan fingerprint density at radius 2 is 1.68 bits per heavy atom. The molecule has 0 bridgehead atoms. The Bertz CT molecular complexity index is 740. The van der Waals surface area contributed by atoms with Gasteiger partial charge in [0.1, 0.15) is 0 Å². The number of esters is 1. The second-order valence-corrected chi connectivity index (χ2v) is 12.9. The van der Waals surface area contributed by atoms with Crippen molar-refractivity contribution in [2.45, 2.75) is 104 Å². The van der Waals surface area contributed by atoms with Crippen LogP contribution in [0.4, 0.5) is 0 Å². The average Bonchev–Trinajstić information content (AvgIpc) is 3.19. The summed E-state index contributed by atoms with van der Waals surface area (Å²) in [5.74, 6) is 2.75. The summed E-state index contributed by atoms with van der Waals surface area (Å²) in [6.45, 7) is 9.96. The molecule has 5 heteroatoms. The van der Waals surface area contributed by atoms with Crippen molar-refractivity contribution in [1.82, 2.24) is 0 Å². The van der Waals surface area contributed by atoms with Crippen molar-refractivity contribution in [2.75, 3.05) is 28.4 Å². The van der Waals surface area contributed by atoms with E-state index in [-0.39, 0.29) is 28.3 Å². The Kier molecular flexibility index (Phi) is 7.51. The molecule has 5 nitrogen and oxygen atoms in total. The van der Waals surface area contributed by atoms with Gasteiger partial charge in [-0.1, -0.05) is 27.7 Å². The lowest BCUT2D eigenvalue weighted by atomic mass is 9.39. The lowest BCUT2D eigenvalue weighted by Crippen LogP contribution is -2.65. The first-order valence-corrected chi connectivity index (χ1v) is 13.7. The maximum Gasteiger partial charge on any atom is 0.305 e. The number of hydrogen-bond acceptors (Lipinski definition) is 5. The second-order valence-electron chi connectivity index (χ2n) is 12.9. The first kappa shape index (κ1) is 26.4. The van der Waals surface area contributed by atoms with Gasteiger partial charge in [0, 0.05) is 33.2 Å². The minimum absolute atomic E-state index is 0.0934. The fraction of sp³-hybridized carbons (Fsp3) is 0.966. The van der Waals surface area contributed by atoms with Crippen molar-refractivity contribution in [1.29, 1.82) is 0 Å². The SMILES string of the molecule is COC(=O)CC[C@@H](C)[C@H]1CC[C@H]2[C@@H]3[C@H](OC)C[C@]4(C)C[C@H](OC)CC[C@]4(C)[C@H]3C[C@H](OC)[C@]12C. The molecule has 0 N–H and O–H groups in total. The van der Waals surface area contributed by atoms with Crippen LogP contribution < -0.4 is 0 Å². The van der Waals surface area contributed by atoms with Crippen molar-refractivity contribution in [3.8, 4) is 0 Å². The zero-order valence-corrected chi connectivity index (χ0v) is 23.0. The van der Waals surface area contributed by atoms with Gasteiger partial charge in [-0.15, -0.1) is 0 Å². The van der Waals surface area contributed by atoms with E-state index in [0.717, 1.165) is 32.1 Å². The van der Waals surface area contributed by atoms with Gasteiger partial charge in [-0.25, -0.2) is 0 Å². The van der Waals surface area contributed by atoms with Crippen LogP contribution >= 0.6 is 0 Å². The third kappa shape index (κ3) is 3.87. The highest BCUT2D eigenvalue weighted by Crippen LogP contribution is 2.72. The van der Waals surface area contributed by atoms with Crippen LogP contribution in [0.3, 0.4) is 0 Å². The van der Waals surface area contributed by atoms with Gasteiger partial charge >= 0.3 is 5.97 Å². The van der Waals surface area contributed by atoms with Gasteiger partial charge in [0.15, 0.2) is 0 Å². The van der Waals surface area contributed by atoms with Crippen LogP contribution in [0.2, 0.25) is 0 Å². The first-order chi connectivity index (χ1) is 16.1. The third-order valence-electron chi connectivity index (χ3n) is 12.1. The van der Waals surface area contributed by atoms with Gasteiger partial charge in [-0.05, 0) is 91.8 Å². The highest BCUT2D eigenvalue weighted by molar-refractivity contribution is 5.69. The molecule has 0 aromatic rings. The van der Waals surface area contributed by atoms with Crippen LogP contribution in [0, 0.1) is 45.8 Å². The molecular formula is C29H50O5. The summed E-state index contributed by atoms with van der Waals surface area (Å²) in [4.78, 5) is 11.9. The van der Waals surface area contributed by atoms with E-state index < -0.39 is 0 Å². The largest absolute Gasteiger partial charge is 0.469 e. The van der Waals surface area contributed by atoms with Crippen LogP contribution in [0.5, 0.6) is 0 Å². The molecule has 0 aromatic heterocycles. The zero-order valence-electron chi connectivity index (χ0n) is 23.0. The molecule has 4 rings (SSSR count). The van der Waals surface area contributed by atoms with Crippen LogP contribution in [0.15, 0.2) is 0 Å². The predicted octanol–water partition coefficient (Wildman–Crippen LogP) is 5.89. The topological polar surface area (TPSA) is 54.0 Å². The molecule has 4 fully saturated rings. The molecule has 4 saturated carbocycles. The number of methoxy groups -OCH3 is 4. The molecule has 4 aliphatic carbocycles. The predicted molar refractivity (Wildman–Crippen MR) is 133 cm³/mol. The van der Waals surface area contributed by atoms with E-state index in [2.05, 4.69) is 27.7 Å². The van der Waals surface area contributed by atoms with Gasteiger partial charge in [-0.2, -0.15) is 0 Å². The van der Waals surface area contributed by atoms with Crippen LogP contribution in [0.25, 0.3) is 0 Å². The van der Waals surface area contributed by atoms with Gasteiger partial charge < -0.3 is 18.9 Å². The summed E-state index contributed by atoms with van der Waals surface area (Å²) < 4.78 is 23.6. The zero-order chi connectivity index (χ0) is 24.9. The number of carbonyl (C=O) groups is 1. The quantitative estimate of drug-likeness (QED) is 0.427. The molecule has 0 saturated heterocycles. The van der Waals surface area contributed by atoms with Gasteiger partial charge in [-0.3, -0.25) is 4.79 Å². The molecule has 0 heterocycles. The van der Waals surface area contributed by atoms with E-state index >= 15 is 0 Å². The Morgan fingerprint density at radius 3 is 2.29 bits per heavy atom. The lowest BCUT2D eigenvalue weighted by Gasteiger charge is -2.68. The van der Waals surface area contributed by atoms with E-state index in [4.69, 9.17) is 18.9 Å². The normalized spacial score (nSPS) is 49.0. The number of ether oxygens (including phenoxy) is 4. The van der Waals surface area contributed by atoms with E-state index in [1.54, 1.807) is 0 Å². The number of hydrogen-bond donors (Lipinski definition) is 0. The lowest BCUT2D eigenvalue weighted by molar-refractivity contribution is -0.243. The van der Waals surface area contributed by atoms with Gasteiger partial charge in [0.25, 0.3) is 0 Å². The third-order valence-corrected chi connectivity index (χ3v) is 12.1. The van der Waals surface area contributed by atoms with Crippen LogP contribution in [-0.4, -0.2) is 52.7 Å². The maximum atomic E-state index is 11.9. The van der Waals surface area contributed by atoms with Gasteiger partial charge in [0.05, 0.1) is 25.4 Å². The van der Waals surface area contributed by atoms with Crippen molar-refractivity contribution in [3.05, 3.63) is 0 Å². The molecular weight excluding hydrogens is 428 g/mol. The second kappa shape index (κ2) is 9.67. The minimum atomic E-state index is -0.0934. The summed E-state index contributed by atoms with van der Waals surface area (Å²) >= 11 is 0. The molecule has 34 heavy (non-hydrogen) atoms. The molecule has 0 aliphatic heterocycles. The monoisotopic (exact) mass is 478 g/mol. The first-order valence-electron chi connectivity index (χ1n) is 13.7. The van der Waals surface area contributed by atoms with Gasteiger partial charge in [0.2, 0.25) is 0 Å². The average molecular weight is 479 g/mol. The Hall–Kier alpha value is -0.650. The van der Waals surface area contributed by atoms with E-state index in [1.165, 1.54) is 26.4 Å². The minimum Gasteiger partial charge on any atom is -0.469 e. The molecule has 0 unspecified atom stereocenters. The molecule has 0 aromatic carbocycles. The van der Waals surface area contributed by atoms with Crippen molar-refractivity contribution in [3.63, 3.8) is 0 Å². The van der Waals surface area contributed by atoms with Crippen LogP contribution in [0.1, 0.15) is 85.5 Å². The highest BCUT2D eigenvalue weighted by atomic mass is 16.5. The Labute approximate surface area is 208 Å². The standard InChI is InChI=1S/C29H50O5/c1-18(9-12-25(30)34-8)20-10-11-21-26-22(15-24(33-7)29(20,21)4)28(3)14-13-19(31-5)16-27(28,2)17-23(26)32-6/h18-24,26H,9-17H2,1-8H3/t18-,19-,20-,21+,22+,23-,24+,26+,27+,28-,29-/m1/s1. The van der Waals surface area contributed by atoms with Crippen molar-refractivity contribution < 1.29 is 23.7 Å². The van der Waals surface area contributed by atoms with E-state index in [1.807, 2.05) is 21.3 Å². The smallest absolute Gasteiger partial charge is 0.305 e. The van der Waals surface area contributed by atoms with E-state index in [0.29, 0.717) is 48.2 Å². The fourth-order valence-corrected chi connectivity index (χ4v) is 9.93. The molecule has 4 aliphatic rings. The summed E-state index contributed by atoms with van der Waals surface area (Å²) in [5.41, 5.74) is 0.635. The van der Waals surface area contributed by atoms with Crippen molar-refractivity contribution >= 4 is 5.97 Å². The number of rotatable bonds is 7. The fourth-order valence-electron chi connectivity index (χ4n) is 9.93. The summed E-state index contributed by atoms with van der Waals surface area (Å²) in [5, 5.41) is 0. The summed E-state index contributed by atoms with van der Waals surface area (Å²) in [6, 6.07) is 0. The molecule has 11 atom stereocenters. The highest BCUT2D eigenvalue weighted by Gasteiger charge is 2.68. The number of fused-ring (bicyclic) bond motifs is 5. The maximum absolute atomic E-state index is 11.9. The summed E-state index contributed by atoms with van der Waals surface area (Å²) in [7, 11) is 7.24. The molecule has 0 radical (unpaired) electrons. The van der Waals surface area contributed by atoms with E-state index in [9.17, 15) is 4.79 Å². The molecule has 196 valence electrons. The Balaban J connectivity index is 1.66. The molecule has 0 amide bonds. The summed E-state index contributed by atoms with van der Waals surface area (Å²) in [6.07, 6.45) is 10.6. The molecule has 0 spiro atoms. The Morgan fingerprint density at radius 1 is 0.941 bits per heavy atom. The number of carbonyl (C=O) groups excluding carboxylic acids is 1. The van der Waals surface area contributed by atoms with Crippen molar-refractivity contribution in [2.24, 2.45) is 45.8 Å². The van der Waals surface area contributed by atoms with Crippen LogP contribution in [-0.2, 0) is 23.7 Å².